The minimum absolute atomic E-state index is 0.0745. The summed E-state index contributed by atoms with van der Waals surface area (Å²) in [5.41, 5.74) is 4.58. The molecule has 0 bridgehead atoms. The number of nitrogens with one attached hydrogen (secondary N) is 1. The summed E-state index contributed by atoms with van der Waals surface area (Å²) in [5, 5.41) is 2.94. The second kappa shape index (κ2) is 4.96. The molecule has 1 aromatic carbocycles. The fourth-order valence-electron chi connectivity index (χ4n) is 1.68. The summed E-state index contributed by atoms with van der Waals surface area (Å²) in [4.78, 5) is 11.3. The lowest BCUT2D eigenvalue weighted by atomic mass is 10.0. The third-order valence-corrected chi connectivity index (χ3v) is 2.59. The highest BCUT2D eigenvalue weighted by Crippen LogP contribution is 2.22. The van der Waals surface area contributed by atoms with Gasteiger partial charge in [-0.15, -0.1) is 0 Å². The number of aryl methyl sites for hydroxylation is 3. The van der Waals surface area contributed by atoms with E-state index in [1.807, 2.05) is 20.8 Å². The van der Waals surface area contributed by atoms with E-state index in [2.05, 4.69) is 24.4 Å². The summed E-state index contributed by atoms with van der Waals surface area (Å²) < 4.78 is 0. The van der Waals surface area contributed by atoms with Crippen molar-refractivity contribution in [1.82, 2.24) is 0 Å². The SMILES string of the molecule is CCC(=O)Nc1c(C)cc(CC)cc1C. The molecule has 0 aliphatic carbocycles. The van der Waals surface area contributed by atoms with Crippen molar-refractivity contribution in [2.45, 2.75) is 40.5 Å². The first kappa shape index (κ1) is 11.8. The van der Waals surface area contributed by atoms with Crippen LogP contribution in [0.3, 0.4) is 0 Å². The van der Waals surface area contributed by atoms with Gasteiger partial charge in [-0.2, -0.15) is 0 Å². The molecule has 2 nitrogen and oxygen atoms in total. The van der Waals surface area contributed by atoms with Crippen LogP contribution in [0.2, 0.25) is 0 Å². The number of hydrogen-bond donors (Lipinski definition) is 1. The van der Waals surface area contributed by atoms with Gasteiger partial charge in [-0.25, -0.2) is 0 Å². The van der Waals surface area contributed by atoms with E-state index in [0.29, 0.717) is 6.42 Å². The Morgan fingerprint density at radius 2 is 1.73 bits per heavy atom. The van der Waals surface area contributed by atoms with E-state index >= 15 is 0 Å². The molecule has 1 amide bonds. The Bertz CT molecular complexity index is 346. The summed E-state index contributed by atoms with van der Waals surface area (Å²) >= 11 is 0. The van der Waals surface area contributed by atoms with Crippen LogP contribution in [0.25, 0.3) is 0 Å². The smallest absolute Gasteiger partial charge is 0.224 e. The lowest BCUT2D eigenvalue weighted by Crippen LogP contribution is -2.12. The minimum Gasteiger partial charge on any atom is -0.326 e. The molecule has 0 radical (unpaired) electrons. The summed E-state index contributed by atoms with van der Waals surface area (Å²) in [7, 11) is 0. The van der Waals surface area contributed by atoms with Crippen LogP contribution in [0.1, 0.15) is 37.0 Å². The highest BCUT2D eigenvalue weighted by atomic mass is 16.1. The zero-order chi connectivity index (χ0) is 11.4. The molecule has 0 saturated heterocycles. The molecule has 0 heterocycles. The average Bonchev–Trinajstić information content (AvgIpc) is 2.22. The van der Waals surface area contributed by atoms with E-state index in [-0.39, 0.29) is 5.91 Å². The van der Waals surface area contributed by atoms with Gasteiger partial charge in [0.2, 0.25) is 5.91 Å². The highest BCUT2D eigenvalue weighted by molar-refractivity contribution is 5.92. The third-order valence-electron chi connectivity index (χ3n) is 2.59. The number of rotatable bonds is 3. The van der Waals surface area contributed by atoms with Gasteiger partial charge in [0.15, 0.2) is 0 Å². The predicted molar refractivity (Wildman–Crippen MR) is 64.2 cm³/mol. The van der Waals surface area contributed by atoms with Crippen molar-refractivity contribution in [3.63, 3.8) is 0 Å². The third kappa shape index (κ3) is 2.82. The molecule has 0 unspecified atom stereocenters. The summed E-state index contributed by atoms with van der Waals surface area (Å²) in [6.07, 6.45) is 1.55. The van der Waals surface area contributed by atoms with Crippen molar-refractivity contribution in [3.8, 4) is 0 Å². The predicted octanol–water partition coefficient (Wildman–Crippen LogP) is 3.21. The Morgan fingerprint density at radius 3 is 2.13 bits per heavy atom. The minimum atomic E-state index is 0.0745. The molecule has 15 heavy (non-hydrogen) atoms. The van der Waals surface area contributed by atoms with E-state index < -0.39 is 0 Å². The van der Waals surface area contributed by atoms with Crippen molar-refractivity contribution < 1.29 is 4.79 Å². The molecule has 0 aliphatic rings. The monoisotopic (exact) mass is 205 g/mol. The molecule has 0 aromatic heterocycles. The van der Waals surface area contributed by atoms with Crippen LogP contribution in [-0.4, -0.2) is 5.91 Å². The molecule has 1 aromatic rings. The lowest BCUT2D eigenvalue weighted by Gasteiger charge is -2.12. The molecule has 1 N–H and O–H groups in total. The van der Waals surface area contributed by atoms with Gasteiger partial charge in [0.1, 0.15) is 0 Å². The Morgan fingerprint density at radius 1 is 1.20 bits per heavy atom. The van der Waals surface area contributed by atoms with Gasteiger partial charge in [-0.1, -0.05) is 26.0 Å². The molecule has 0 spiro atoms. The Kier molecular flexibility index (Phi) is 3.89. The molecule has 1 rings (SSSR count). The lowest BCUT2D eigenvalue weighted by molar-refractivity contribution is -0.115. The van der Waals surface area contributed by atoms with Gasteiger partial charge in [0.05, 0.1) is 0 Å². The van der Waals surface area contributed by atoms with Crippen molar-refractivity contribution in [1.29, 1.82) is 0 Å². The zero-order valence-electron chi connectivity index (χ0n) is 9.98. The number of benzene rings is 1. The Labute approximate surface area is 91.7 Å². The first-order valence-corrected chi connectivity index (χ1v) is 5.48. The second-order valence-corrected chi connectivity index (χ2v) is 3.86. The Balaban J connectivity index is 3.03. The maximum absolute atomic E-state index is 11.3. The summed E-state index contributed by atoms with van der Waals surface area (Å²) in [6.45, 7) is 8.08. The number of anilines is 1. The van der Waals surface area contributed by atoms with Crippen LogP contribution < -0.4 is 5.32 Å². The van der Waals surface area contributed by atoms with E-state index in [4.69, 9.17) is 0 Å². The van der Waals surface area contributed by atoms with E-state index in [1.165, 1.54) is 5.56 Å². The van der Waals surface area contributed by atoms with Crippen LogP contribution in [-0.2, 0) is 11.2 Å². The fraction of sp³-hybridized carbons (Fsp3) is 0.462. The largest absolute Gasteiger partial charge is 0.326 e. The van der Waals surface area contributed by atoms with E-state index in [0.717, 1.165) is 23.2 Å². The van der Waals surface area contributed by atoms with Crippen molar-refractivity contribution >= 4 is 11.6 Å². The Hall–Kier alpha value is -1.31. The van der Waals surface area contributed by atoms with Gasteiger partial charge in [-0.05, 0) is 37.0 Å². The van der Waals surface area contributed by atoms with Gasteiger partial charge in [0, 0.05) is 12.1 Å². The van der Waals surface area contributed by atoms with Crippen molar-refractivity contribution in [3.05, 3.63) is 28.8 Å². The number of carbonyl (C=O) groups excluding carboxylic acids is 1. The van der Waals surface area contributed by atoms with Gasteiger partial charge >= 0.3 is 0 Å². The van der Waals surface area contributed by atoms with Gasteiger partial charge in [0.25, 0.3) is 0 Å². The van der Waals surface area contributed by atoms with Crippen molar-refractivity contribution in [2.75, 3.05) is 5.32 Å². The molecule has 0 aliphatic heterocycles. The molecule has 2 heteroatoms. The standard InChI is InChI=1S/C13H19NO/c1-5-11-7-9(3)13(10(4)8-11)14-12(15)6-2/h7-8H,5-6H2,1-4H3,(H,14,15). The topological polar surface area (TPSA) is 29.1 Å². The van der Waals surface area contributed by atoms with Crippen molar-refractivity contribution in [2.24, 2.45) is 0 Å². The van der Waals surface area contributed by atoms with Crippen LogP contribution in [0.4, 0.5) is 5.69 Å². The molecule has 82 valence electrons. The normalized spacial score (nSPS) is 10.1. The van der Waals surface area contributed by atoms with Crippen LogP contribution in [0.15, 0.2) is 12.1 Å². The van der Waals surface area contributed by atoms with Crippen LogP contribution in [0.5, 0.6) is 0 Å². The molecule has 0 atom stereocenters. The maximum Gasteiger partial charge on any atom is 0.224 e. The first-order chi connectivity index (χ1) is 7.08. The van der Waals surface area contributed by atoms with E-state index in [9.17, 15) is 4.79 Å². The summed E-state index contributed by atoms with van der Waals surface area (Å²) in [5.74, 6) is 0.0745. The molecular formula is C13H19NO. The van der Waals surface area contributed by atoms with Gasteiger partial charge in [-0.3, -0.25) is 4.79 Å². The van der Waals surface area contributed by atoms with Crippen LogP contribution >= 0.6 is 0 Å². The average molecular weight is 205 g/mol. The molecule has 0 saturated carbocycles. The van der Waals surface area contributed by atoms with Gasteiger partial charge < -0.3 is 5.32 Å². The van der Waals surface area contributed by atoms with E-state index in [1.54, 1.807) is 0 Å². The first-order valence-electron chi connectivity index (χ1n) is 5.48. The molecule has 0 fully saturated rings. The number of carbonyl (C=O) groups is 1. The second-order valence-electron chi connectivity index (χ2n) is 3.86. The summed E-state index contributed by atoms with van der Waals surface area (Å²) in [6, 6.07) is 4.27. The fourth-order valence-corrected chi connectivity index (χ4v) is 1.68. The highest BCUT2D eigenvalue weighted by Gasteiger charge is 2.06. The zero-order valence-corrected chi connectivity index (χ0v) is 9.98. The quantitative estimate of drug-likeness (QED) is 0.806. The molecular weight excluding hydrogens is 186 g/mol. The number of hydrogen-bond acceptors (Lipinski definition) is 1. The number of amides is 1. The maximum atomic E-state index is 11.3. The van der Waals surface area contributed by atoms with Crippen LogP contribution in [0, 0.1) is 13.8 Å².